The third-order valence-corrected chi connectivity index (χ3v) is 6.04. The van der Waals surface area contributed by atoms with E-state index in [0.717, 1.165) is 35.7 Å². The van der Waals surface area contributed by atoms with Gasteiger partial charge in [0.15, 0.2) is 11.0 Å². The quantitative estimate of drug-likeness (QED) is 0.284. The molecule has 1 aromatic heterocycles. The van der Waals surface area contributed by atoms with Crippen molar-refractivity contribution < 1.29 is 26.7 Å². The molecule has 0 aliphatic rings. The molecule has 1 amide bonds. The van der Waals surface area contributed by atoms with Crippen LogP contribution in [0.4, 0.5) is 20.3 Å². The second-order valence-electron chi connectivity index (χ2n) is 8.18. The van der Waals surface area contributed by atoms with E-state index >= 15 is 4.39 Å². The molecule has 0 bridgehead atoms. The summed E-state index contributed by atoms with van der Waals surface area (Å²) in [5, 5.41) is 2.20. The molecular weight excluding hydrogens is 538 g/mol. The highest BCUT2D eigenvalue weighted by atomic mass is 35.5. The van der Waals surface area contributed by atoms with E-state index in [4.69, 9.17) is 16.3 Å². The van der Waals surface area contributed by atoms with Crippen LogP contribution in [0.3, 0.4) is 0 Å². The molecule has 0 aliphatic carbocycles. The molecule has 3 aromatic carbocycles. The smallest absolute Gasteiger partial charge is 0.261 e. The van der Waals surface area contributed by atoms with E-state index in [-0.39, 0.29) is 22.2 Å². The van der Waals surface area contributed by atoms with Gasteiger partial charge < -0.3 is 10.1 Å². The molecule has 38 heavy (non-hydrogen) atoms. The highest BCUT2D eigenvalue weighted by molar-refractivity contribution is 7.92. The van der Waals surface area contributed by atoms with Gasteiger partial charge in [-0.25, -0.2) is 27.2 Å². The fourth-order valence-electron chi connectivity index (χ4n) is 3.44. The largest absolute Gasteiger partial charge is 0.372 e. The van der Waals surface area contributed by atoms with Crippen molar-refractivity contribution in [1.29, 1.82) is 0 Å². The van der Waals surface area contributed by atoms with Crippen molar-refractivity contribution in [1.82, 2.24) is 9.97 Å². The number of rotatable bonds is 9. The lowest BCUT2D eigenvalue weighted by atomic mass is 10.1. The molecular formula is C26H21ClF2N4O4S. The van der Waals surface area contributed by atoms with Gasteiger partial charge in [0, 0.05) is 11.3 Å². The average Bonchev–Trinajstić information content (AvgIpc) is 2.86. The molecule has 4 rings (SSSR count). The Bertz CT molecular complexity index is 1570. The van der Waals surface area contributed by atoms with Crippen LogP contribution in [0, 0.1) is 11.6 Å². The summed E-state index contributed by atoms with van der Waals surface area (Å²) in [6.07, 6.45) is 1.95. The van der Waals surface area contributed by atoms with E-state index in [1.165, 1.54) is 0 Å². The topological polar surface area (TPSA) is 110 Å². The third kappa shape index (κ3) is 6.88. The number of nitrogens with zero attached hydrogens (tertiary/aromatic N) is 2. The lowest BCUT2D eigenvalue weighted by Crippen LogP contribution is -2.17. The lowest BCUT2D eigenvalue weighted by molar-refractivity contribution is 0.101. The number of hydrogen-bond acceptors (Lipinski definition) is 6. The van der Waals surface area contributed by atoms with Gasteiger partial charge in [0.1, 0.15) is 17.2 Å². The number of hydrogen-bond donors (Lipinski definition) is 2. The Hall–Kier alpha value is -3.93. The monoisotopic (exact) mass is 558 g/mol. The molecule has 0 fully saturated rings. The van der Waals surface area contributed by atoms with Crippen LogP contribution >= 0.6 is 11.6 Å². The first-order valence-electron chi connectivity index (χ1n) is 11.1. The number of ether oxygens (including phenoxy) is 1. The number of benzene rings is 3. The van der Waals surface area contributed by atoms with Crippen LogP contribution in [0.2, 0.25) is 5.15 Å². The standard InChI is InChI=1S/C26H21ClF2N4O4S/c1-38(35,36)33-25-24(27)30-13-21(32-25)19-11-12-20(28)22(23(19)29)26(34)31-18-9-7-17(8-10-18)15-37-14-16-5-3-2-4-6-16/h2-13H,14-15H2,1H3,(H,31,34)(H,32,33). The number of halogens is 3. The highest BCUT2D eigenvalue weighted by Crippen LogP contribution is 2.29. The van der Waals surface area contributed by atoms with Crippen molar-refractivity contribution >= 4 is 39.0 Å². The maximum absolute atomic E-state index is 15.3. The molecule has 0 saturated heterocycles. The Morgan fingerprint density at radius 2 is 1.63 bits per heavy atom. The van der Waals surface area contributed by atoms with Crippen molar-refractivity contribution in [2.24, 2.45) is 0 Å². The molecule has 0 spiro atoms. The Labute approximate surface area is 222 Å². The van der Waals surface area contributed by atoms with Crippen LogP contribution in [-0.2, 0) is 28.0 Å². The molecule has 4 aromatic rings. The molecule has 0 atom stereocenters. The van der Waals surface area contributed by atoms with Crippen molar-refractivity contribution in [3.63, 3.8) is 0 Å². The van der Waals surface area contributed by atoms with E-state index < -0.39 is 33.1 Å². The zero-order valence-corrected chi connectivity index (χ0v) is 21.5. The molecule has 0 radical (unpaired) electrons. The van der Waals surface area contributed by atoms with Crippen LogP contribution in [0.5, 0.6) is 0 Å². The summed E-state index contributed by atoms with van der Waals surface area (Å²) in [6.45, 7) is 0.782. The summed E-state index contributed by atoms with van der Waals surface area (Å²) in [6, 6.07) is 18.3. The van der Waals surface area contributed by atoms with Crippen LogP contribution < -0.4 is 10.0 Å². The van der Waals surface area contributed by atoms with E-state index in [2.05, 4.69) is 20.0 Å². The highest BCUT2D eigenvalue weighted by Gasteiger charge is 2.23. The van der Waals surface area contributed by atoms with Gasteiger partial charge >= 0.3 is 0 Å². The Balaban J connectivity index is 1.49. The number of nitrogens with one attached hydrogen (secondary N) is 2. The maximum atomic E-state index is 15.3. The number of anilines is 2. The molecule has 8 nitrogen and oxygen atoms in total. The number of carbonyl (C=O) groups is 1. The first kappa shape index (κ1) is 27.1. The van der Waals surface area contributed by atoms with Crippen molar-refractivity contribution in [2.75, 3.05) is 16.3 Å². The summed E-state index contributed by atoms with van der Waals surface area (Å²) >= 11 is 5.87. The molecule has 1 heterocycles. The first-order valence-corrected chi connectivity index (χ1v) is 13.4. The Kier molecular flexibility index (Phi) is 8.30. The Morgan fingerprint density at radius 1 is 0.974 bits per heavy atom. The van der Waals surface area contributed by atoms with E-state index in [9.17, 15) is 17.6 Å². The number of sulfonamides is 1. The predicted octanol–water partition coefficient (Wildman–Crippen LogP) is 5.42. The predicted molar refractivity (Wildman–Crippen MR) is 140 cm³/mol. The molecule has 0 unspecified atom stereocenters. The lowest BCUT2D eigenvalue weighted by Gasteiger charge is -2.12. The zero-order chi connectivity index (χ0) is 27.3. The number of amides is 1. The minimum absolute atomic E-state index is 0.160. The molecule has 0 aliphatic heterocycles. The van der Waals surface area contributed by atoms with Gasteiger partial charge in [0.2, 0.25) is 10.0 Å². The van der Waals surface area contributed by atoms with Crippen LogP contribution in [0.25, 0.3) is 11.3 Å². The van der Waals surface area contributed by atoms with Crippen LogP contribution in [0.1, 0.15) is 21.5 Å². The summed E-state index contributed by atoms with van der Waals surface area (Å²) in [7, 11) is -3.76. The van der Waals surface area contributed by atoms with Gasteiger partial charge in [0.25, 0.3) is 5.91 Å². The van der Waals surface area contributed by atoms with Crippen molar-refractivity contribution in [3.8, 4) is 11.3 Å². The van der Waals surface area contributed by atoms with Gasteiger partial charge in [-0.2, -0.15) is 0 Å². The summed E-state index contributed by atoms with van der Waals surface area (Å²) < 4.78 is 60.7. The Morgan fingerprint density at radius 3 is 2.29 bits per heavy atom. The minimum atomic E-state index is -3.76. The molecule has 12 heteroatoms. The SMILES string of the molecule is CS(=O)(=O)Nc1nc(-c2ccc(F)c(C(=O)Nc3ccc(COCc4ccccc4)cc3)c2F)cnc1Cl. The van der Waals surface area contributed by atoms with Crippen molar-refractivity contribution in [2.45, 2.75) is 13.2 Å². The number of carbonyl (C=O) groups excluding carboxylic acids is 1. The molecule has 2 N–H and O–H groups in total. The molecule has 0 saturated carbocycles. The average molecular weight is 559 g/mol. The summed E-state index contributed by atoms with van der Waals surface area (Å²) in [4.78, 5) is 20.6. The first-order chi connectivity index (χ1) is 18.1. The second kappa shape index (κ2) is 11.6. The van der Waals surface area contributed by atoms with E-state index in [1.807, 2.05) is 30.3 Å². The van der Waals surface area contributed by atoms with Crippen molar-refractivity contribution in [3.05, 3.63) is 106 Å². The normalized spacial score (nSPS) is 11.3. The van der Waals surface area contributed by atoms with Gasteiger partial charge in [-0.15, -0.1) is 0 Å². The van der Waals surface area contributed by atoms with Gasteiger partial charge in [0.05, 0.1) is 31.4 Å². The van der Waals surface area contributed by atoms with Crippen LogP contribution in [0.15, 0.2) is 72.9 Å². The van der Waals surface area contributed by atoms with Crippen LogP contribution in [-0.4, -0.2) is 30.5 Å². The fourth-order valence-corrected chi connectivity index (χ4v) is 4.13. The second-order valence-corrected chi connectivity index (χ2v) is 10.3. The van der Waals surface area contributed by atoms with Gasteiger partial charge in [-0.05, 0) is 35.4 Å². The minimum Gasteiger partial charge on any atom is -0.372 e. The maximum Gasteiger partial charge on any atom is 0.261 e. The van der Waals surface area contributed by atoms with E-state index in [1.54, 1.807) is 24.3 Å². The zero-order valence-electron chi connectivity index (χ0n) is 19.9. The summed E-state index contributed by atoms with van der Waals surface area (Å²) in [5.74, 6) is -3.65. The van der Waals surface area contributed by atoms with E-state index in [0.29, 0.717) is 18.9 Å². The third-order valence-electron chi connectivity index (χ3n) is 5.20. The fraction of sp³-hybridized carbons (Fsp3) is 0.115. The summed E-state index contributed by atoms with van der Waals surface area (Å²) in [5.41, 5.74) is 0.924. The molecule has 196 valence electrons. The van der Waals surface area contributed by atoms with Gasteiger partial charge in [-0.1, -0.05) is 54.1 Å². The number of aromatic nitrogens is 2. The van der Waals surface area contributed by atoms with Gasteiger partial charge in [-0.3, -0.25) is 9.52 Å².